The Morgan fingerprint density at radius 1 is 1.05 bits per heavy atom. The van der Waals surface area contributed by atoms with Crippen LogP contribution < -0.4 is 0 Å². The van der Waals surface area contributed by atoms with Crippen molar-refractivity contribution in [2.24, 2.45) is 0 Å². The topological polar surface area (TPSA) is 23.6 Å². The summed E-state index contributed by atoms with van der Waals surface area (Å²) in [4.78, 5) is 16.5. The largest absolute Gasteiger partial charge is 0.342 e. The standard InChI is InChI=1S/C17H26N2O/c1-18(14-16-10-6-5-7-11-16)15-17(20)19-12-8-3-2-4-9-13-19/h5-7,10-11H,2-4,8-9,12-15H2,1H3. The van der Waals surface area contributed by atoms with Gasteiger partial charge in [-0.2, -0.15) is 0 Å². The van der Waals surface area contributed by atoms with Crippen LogP contribution in [0, 0.1) is 0 Å². The van der Waals surface area contributed by atoms with Crippen LogP contribution in [-0.2, 0) is 11.3 Å². The lowest BCUT2D eigenvalue weighted by Crippen LogP contribution is -2.40. The number of nitrogens with zero attached hydrogens (tertiary/aromatic N) is 2. The molecule has 1 aliphatic heterocycles. The maximum absolute atomic E-state index is 12.3. The molecule has 0 atom stereocenters. The van der Waals surface area contributed by atoms with Crippen LogP contribution in [0.1, 0.15) is 37.7 Å². The molecule has 0 radical (unpaired) electrons. The van der Waals surface area contributed by atoms with E-state index < -0.39 is 0 Å². The van der Waals surface area contributed by atoms with Crippen molar-refractivity contribution in [3.63, 3.8) is 0 Å². The molecule has 20 heavy (non-hydrogen) atoms. The van der Waals surface area contributed by atoms with Gasteiger partial charge in [-0.1, -0.05) is 49.6 Å². The first-order chi connectivity index (χ1) is 9.75. The zero-order valence-electron chi connectivity index (χ0n) is 12.6. The predicted octanol–water partition coefficient (Wildman–Crippen LogP) is 2.91. The van der Waals surface area contributed by atoms with Crippen LogP contribution in [0.25, 0.3) is 0 Å². The number of hydrogen-bond donors (Lipinski definition) is 0. The molecule has 110 valence electrons. The molecule has 0 bridgehead atoms. The van der Waals surface area contributed by atoms with Gasteiger partial charge < -0.3 is 4.90 Å². The molecule has 1 aromatic rings. The Morgan fingerprint density at radius 3 is 2.30 bits per heavy atom. The predicted molar refractivity (Wildman–Crippen MR) is 82.4 cm³/mol. The number of likely N-dealkylation sites (tertiary alicyclic amines) is 1. The monoisotopic (exact) mass is 274 g/mol. The normalized spacial score (nSPS) is 16.8. The lowest BCUT2D eigenvalue weighted by molar-refractivity contribution is -0.132. The van der Waals surface area contributed by atoms with Gasteiger partial charge in [-0.15, -0.1) is 0 Å². The molecule has 1 fully saturated rings. The lowest BCUT2D eigenvalue weighted by Gasteiger charge is -2.27. The van der Waals surface area contributed by atoms with Crippen molar-refractivity contribution in [1.29, 1.82) is 0 Å². The molecule has 0 aliphatic carbocycles. The van der Waals surface area contributed by atoms with E-state index in [0.29, 0.717) is 6.54 Å². The fraction of sp³-hybridized carbons (Fsp3) is 0.588. The fourth-order valence-corrected chi connectivity index (χ4v) is 2.78. The molecule has 1 heterocycles. The highest BCUT2D eigenvalue weighted by Crippen LogP contribution is 2.11. The van der Waals surface area contributed by atoms with Gasteiger partial charge in [0.05, 0.1) is 6.54 Å². The van der Waals surface area contributed by atoms with Crippen LogP contribution in [0.15, 0.2) is 30.3 Å². The number of rotatable bonds is 4. The van der Waals surface area contributed by atoms with E-state index in [2.05, 4.69) is 21.9 Å². The molecular weight excluding hydrogens is 248 g/mol. The van der Waals surface area contributed by atoms with E-state index in [1.807, 2.05) is 25.2 Å². The highest BCUT2D eigenvalue weighted by molar-refractivity contribution is 5.78. The van der Waals surface area contributed by atoms with Gasteiger partial charge in [0.2, 0.25) is 5.91 Å². The van der Waals surface area contributed by atoms with Gasteiger partial charge in [-0.05, 0) is 25.5 Å². The molecule has 2 rings (SSSR count). The molecule has 0 N–H and O–H groups in total. The van der Waals surface area contributed by atoms with Gasteiger partial charge in [0.1, 0.15) is 0 Å². The summed E-state index contributed by atoms with van der Waals surface area (Å²) in [6, 6.07) is 10.3. The Bertz CT molecular complexity index is 397. The Balaban J connectivity index is 1.80. The fourth-order valence-electron chi connectivity index (χ4n) is 2.78. The Morgan fingerprint density at radius 2 is 1.65 bits per heavy atom. The van der Waals surface area contributed by atoms with Gasteiger partial charge in [0.15, 0.2) is 0 Å². The van der Waals surface area contributed by atoms with E-state index in [-0.39, 0.29) is 5.91 Å². The maximum Gasteiger partial charge on any atom is 0.236 e. The first-order valence-corrected chi connectivity index (χ1v) is 7.76. The van der Waals surface area contributed by atoms with Crippen molar-refractivity contribution in [1.82, 2.24) is 9.80 Å². The van der Waals surface area contributed by atoms with Gasteiger partial charge in [-0.25, -0.2) is 0 Å². The third kappa shape index (κ3) is 4.97. The number of hydrogen-bond acceptors (Lipinski definition) is 2. The second-order valence-corrected chi connectivity index (χ2v) is 5.81. The number of likely N-dealkylation sites (N-methyl/N-ethyl adjacent to an activating group) is 1. The zero-order chi connectivity index (χ0) is 14.2. The Hall–Kier alpha value is -1.35. The molecule has 0 saturated carbocycles. The summed E-state index contributed by atoms with van der Waals surface area (Å²) in [5.74, 6) is 0.283. The first-order valence-electron chi connectivity index (χ1n) is 7.76. The molecule has 0 spiro atoms. The van der Waals surface area contributed by atoms with Crippen molar-refractivity contribution in [3.05, 3.63) is 35.9 Å². The summed E-state index contributed by atoms with van der Waals surface area (Å²) in [6.45, 7) is 3.24. The van der Waals surface area contributed by atoms with E-state index in [0.717, 1.165) is 32.5 Å². The van der Waals surface area contributed by atoms with E-state index >= 15 is 0 Å². The van der Waals surface area contributed by atoms with Gasteiger partial charge in [-0.3, -0.25) is 9.69 Å². The summed E-state index contributed by atoms with van der Waals surface area (Å²) in [5, 5.41) is 0. The summed E-state index contributed by atoms with van der Waals surface area (Å²) in [6.07, 6.45) is 6.19. The molecule has 1 aliphatic rings. The molecule has 3 heteroatoms. The smallest absolute Gasteiger partial charge is 0.236 e. The Labute approximate surface area is 122 Å². The zero-order valence-corrected chi connectivity index (χ0v) is 12.6. The van der Waals surface area contributed by atoms with Gasteiger partial charge >= 0.3 is 0 Å². The average Bonchev–Trinajstić information content (AvgIpc) is 2.38. The first kappa shape index (κ1) is 15.0. The van der Waals surface area contributed by atoms with E-state index in [1.165, 1.54) is 24.8 Å². The number of benzene rings is 1. The third-order valence-electron chi connectivity index (χ3n) is 3.91. The van der Waals surface area contributed by atoms with Crippen molar-refractivity contribution >= 4 is 5.91 Å². The number of amides is 1. The van der Waals surface area contributed by atoms with Crippen LogP contribution in [0.3, 0.4) is 0 Å². The summed E-state index contributed by atoms with van der Waals surface area (Å²) < 4.78 is 0. The molecule has 3 nitrogen and oxygen atoms in total. The molecular formula is C17H26N2O. The molecule has 1 saturated heterocycles. The second-order valence-electron chi connectivity index (χ2n) is 5.81. The van der Waals surface area contributed by atoms with E-state index in [1.54, 1.807) is 0 Å². The van der Waals surface area contributed by atoms with Gasteiger partial charge in [0.25, 0.3) is 0 Å². The number of carbonyl (C=O) groups is 1. The minimum Gasteiger partial charge on any atom is -0.342 e. The summed E-state index contributed by atoms with van der Waals surface area (Å²) in [7, 11) is 2.02. The average molecular weight is 274 g/mol. The van der Waals surface area contributed by atoms with Crippen LogP contribution >= 0.6 is 0 Å². The van der Waals surface area contributed by atoms with Crippen LogP contribution in [0.4, 0.5) is 0 Å². The molecule has 1 amide bonds. The van der Waals surface area contributed by atoms with Crippen molar-refractivity contribution in [2.75, 3.05) is 26.7 Å². The molecule has 1 aromatic carbocycles. The Kier molecular flexibility index (Phi) is 6.06. The highest BCUT2D eigenvalue weighted by Gasteiger charge is 2.16. The lowest BCUT2D eigenvalue weighted by atomic mass is 10.1. The summed E-state index contributed by atoms with van der Waals surface area (Å²) >= 11 is 0. The van der Waals surface area contributed by atoms with E-state index in [4.69, 9.17) is 0 Å². The van der Waals surface area contributed by atoms with Crippen molar-refractivity contribution < 1.29 is 4.79 Å². The van der Waals surface area contributed by atoms with Crippen LogP contribution in [0.2, 0.25) is 0 Å². The maximum atomic E-state index is 12.3. The van der Waals surface area contributed by atoms with Crippen molar-refractivity contribution in [3.8, 4) is 0 Å². The van der Waals surface area contributed by atoms with E-state index in [9.17, 15) is 4.79 Å². The minimum absolute atomic E-state index is 0.283. The highest BCUT2D eigenvalue weighted by atomic mass is 16.2. The second kappa shape index (κ2) is 8.05. The van der Waals surface area contributed by atoms with Crippen LogP contribution in [0.5, 0.6) is 0 Å². The summed E-state index contributed by atoms with van der Waals surface area (Å²) in [5.41, 5.74) is 1.26. The number of carbonyl (C=O) groups excluding carboxylic acids is 1. The van der Waals surface area contributed by atoms with Crippen LogP contribution in [-0.4, -0.2) is 42.4 Å². The molecule has 0 aromatic heterocycles. The minimum atomic E-state index is 0.283. The third-order valence-corrected chi connectivity index (χ3v) is 3.91. The van der Waals surface area contributed by atoms with Gasteiger partial charge in [0, 0.05) is 19.6 Å². The quantitative estimate of drug-likeness (QED) is 0.843. The SMILES string of the molecule is CN(CC(=O)N1CCCCCCC1)Cc1ccccc1. The van der Waals surface area contributed by atoms with Crippen molar-refractivity contribution in [2.45, 2.75) is 38.6 Å². The molecule has 0 unspecified atom stereocenters.